The molecule has 0 aliphatic carbocycles. The molecule has 0 saturated heterocycles. The molecule has 3 heterocycles. The lowest BCUT2D eigenvalue weighted by Crippen LogP contribution is -2.15. The van der Waals surface area contributed by atoms with Crippen LogP contribution in [-0.4, -0.2) is 26.8 Å². The summed E-state index contributed by atoms with van der Waals surface area (Å²) in [4.78, 5) is 11.7. The summed E-state index contributed by atoms with van der Waals surface area (Å²) in [6, 6.07) is 10.1. The molecule has 0 saturated carbocycles. The molecule has 4 rings (SSSR count). The monoisotopic (exact) mass is 470 g/mol. The summed E-state index contributed by atoms with van der Waals surface area (Å²) in [5.41, 5.74) is 3.85. The quantitative estimate of drug-likeness (QED) is 0.372. The van der Waals surface area contributed by atoms with E-state index in [2.05, 4.69) is 32.0 Å². The van der Waals surface area contributed by atoms with Gasteiger partial charge in [-0.3, -0.25) is 0 Å². The van der Waals surface area contributed by atoms with Crippen LogP contribution in [0.25, 0.3) is 22.3 Å². The minimum absolute atomic E-state index is 0.329. The van der Waals surface area contributed by atoms with Crippen molar-refractivity contribution < 1.29 is 4.39 Å². The number of benzene rings is 1. The van der Waals surface area contributed by atoms with Crippen LogP contribution in [0.2, 0.25) is 0 Å². The summed E-state index contributed by atoms with van der Waals surface area (Å²) in [5.74, 6) is 0.473. The molecule has 0 radical (unpaired) electrons. The van der Waals surface area contributed by atoms with Crippen LogP contribution in [0.1, 0.15) is 17.4 Å². The number of thiazole rings is 1. The Hall–Kier alpha value is -2.83. The van der Waals surface area contributed by atoms with Gasteiger partial charge in [0.25, 0.3) is 0 Å². The Morgan fingerprint density at radius 2 is 1.97 bits per heavy atom. The summed E-state index contributed by atoms with van der Waals surface area (Å²) in [6.07, 6.45) is 0. The number of fused-ring (bicyclic) bond motifs is 1. The second-order valence-electron chi connectivity index (χ2n) is 6.45. The van der Waals surface area contributed by atoms with Gasteiger partial charge in [-0.25, -0.2) is 19.0 Å². The average molecular weight is 471 g/mol. The number of pyridine rings is 1. The minimum atomic E-state index is -0.329. The number of aryl methyl sites for hydroxylation is 2. The van der Waals surface area contributed by atoms with Crippen molar-refractivity contribution in [3.05, 3.63) is 51.2 Å². The van der Waals surface area contributed by atoms with Gasteiger partial charge in [-0.15, -0.1) is 0 Å². The lowest BCUT2D eigenvalue weighted by Gasteiger charge is -2.17. The first kappa shape index (κ1) is 19.5. The van der Waals surface area contributed by atoms with Gasteiger partial charge < -0.3 is 4.90 Å². The van der Waals surface area contributed by atoms with Crippen LogP contribution in [-0.2, 0) is 6.54 Å². The van der Waals surface area contributed by atoms with Gasteiger partial charge in [0.15, 0.2) is 10.9 Å². The molecule has 146 valence electrons. The summed E-state index contributed by atoms with van der Waals surface area (Å²) >= 11 is 4.74. The number of hydrogen-bond acceptors (Lipinski definition) is 6. The van der Waals surface area contributed by atoms with Crippen LogP contribution >= 0.6 is 27.3 Å². The van der Waals surface area contributed by atoms with Gasteiger partial charge in [0.1, 0.15) is 38.1 Å². The Kier molecular flexibility index (Phi) is 5.06. The molecule has 0 atom stereocenters. The minimum Gasteiger partial charge on any atom is -0.304 e. The summed E-state index contributed by atoms with van der Waals surface area (Å²) < 4.78 is 15.9. The molecule has 0 bridgehead atoms. The predicted molar refractivity (Wildman–Crippen MR) is 116 cm³/mol. The fraction of sp³-hybridized carbons (Fsp3) is 0.200. The van der Waals surface area contributed by atoms with Crippen LogP contribution in [0.5, 0.6) is 0 Å². The number of halogens is 2. The Bertz CT molecular complexity index is 1250. The maximum Gasteiger partial charge on any atom is 0.192 e. The highest BCUT2D eigenvalue weighted by atomic mass is 79.9. The maximum absolute atomic E-state index is 13.3. The molecule has 6 nitrogen and oxygen atoms in total. The lowest BCUT2D eigenvalue weighted by molar-refractivity contribution is 0.628. The standard InChI is InChI=1S/C20H16BrFN6S/c1-4-28-19(18-16(26-28)11(2)9-15(21)24-18)27(3)20-25-17(14(10-23)29-20)12-5-7-13(22)8-6-12/h5-9H,4H2,1-3H3. The van der Waals surface area contributed by atoms with E-state index in [9.17, 15) is 9.65 Å². The van der Waals surface area contributed by atoms with Gasteiger partial charge in [-0.1, -0.05) is 11.3 Å². The average Bonchev–Trinajstić information content (AvgIpc) is 3.29. The number of nitriles is 1. The van der Waals surface area contributed by atoms with Gasteiger partial charge in [-0.2, -0.15) is 10.4 Å². The third-order valence-electron chi connectivity index (χ3n) is 4.57. The van der Waals surface area contributed by atoms with Gasteiger partial charge in [0, 0.05) is 19.2 Å². The second-order valence-corrected chi connectivity index (χ2v) is 8.24. The topological polar surface area (TPSA) is 70.6 Å². The first-order valence-electron chi connectivity index (χ1n) is 8.87. The van der Waals surface area contributed by atoms with Crippen molar-refractivity contribution in [1.82, 2.24) is 19.7 Å². The number of nitrogens with zero attached hydrogens (tertiary/aromatic N) is 6. The summed E-state index contributed by atoms with van der Waals surface area (Å²) in [7, 11) is 1.88. The highest BCUT2D eigenvalue weighted by molar-refractivity contribution is 9.10. The molecule has 3 aromatic heterocycles. The van der Waals surface area contributed by atoms with Crippen LogP contribution in [0, 0.1) is 24.1 Å². The Balaban J connectivity index is 1.87. The molecule has 0 fully saturated rings. The molecule has 0 aliphatic heterocycles. The number of aromatic nitrogens is 4. The zero-order chi connectivity index (χ0) is 20.7. The van der Waals surface area contributed by atoms with Gasteiger partial charge in [-0.05, 0) is 65.7 Å². The normalized spacial score (nSPS) is 11.0. The van der Waals surface area contributed by atoms with Crippen molar-refractivity contribution in [3.63, 3.8) is 0 Å². The SMILES string of the molecule is CCn1nc2c(C)cc(Br)nc2c1N(C)c1nc(-c2ccc(F)cc2)c(C#N)s1. The first-order valence-corrected chi connectivity index (χ1v) is 10.5. The molecule has 0 N–H and O–H groups in total. The molecule has 29 heavy (non-hydrogen) atoms. The maximum atomic E-state index is 13.3. The van der Waals surface area contributed by atoms with E-state index in [0.29, 0.717) is 27.8 Å². The van der Waals surface area contributed by atoms with Crippen LogP contribution in [0.4, 0.5) is 15.3 Å². The van der Waals surface area contributed by atoms with E-state index in [0.717, 1.165) is 27.0 Å². The Labute approximate surface area is 179 Å². The van der Waals surface area contributed by atoms with Crippen molar-refractivity contribution in [2.75, 3.05) is 11.9 Å². The molecule has 0 unspecified atom stereocenters. The molecule has 0 amide bonds. The van der Waals surface area contributed by atoms with Crippen LogP contribution in [0.15, 0.2) is 34.9 Å². The van der Waals surface area contributed by atoms with E-state index in [1.165, 1.54) is 23.5 Å². The molecular formula is C20H16BrFN6S. The highest BCUT2D eigenvalue weighted by Gasteiger charge is 2.23. The summed E-state index contributed by atoms with van der Waals surface area (Å²) in [6.45, 7) is 4.67. The second kappa shape index (κ2) is 7.54. The highest BCUT2D eigenvalue weighted by Crippen LogP contribution is 2.38. The predicted octanol–water partition coefficient (Wildman–Crippen LogP) is 5.42. The van der Waals surface area contributed by atoms with E-state index in [1.54, 1.807) is 12.1 Å². The zero-order valence-electron chi connectivity index (χ0n) is 15.9. The van der Waals surface area contributed by atoms with Crippen LogP contribution < -0.4 is 4.90 Å². The molecule has 0 spiro atoms. The van der Waals surface area contributed by atoms with Crippen molar-refractivity contribution in [2.45, 2.75) is 20.4 Å². The molecule has 1 aromatic carbocycles. The van der Waals surface area contributed by atoms with Gasteiger partial charge in [0.05, 0.1) is 0 Å². The van der Waals surface area contributed by atoms with Crippen molar-refractivity contribution in [2.24, 2.45) is 0 Å². The largest absolute Gasteiger partial charge is 0.304 e. The smallest absolute Gasteiger partial charge is 0.192 e. The molecule has 9 heteroatoms. The molecule has 4 aromatic rings. The van der Waals surface area contributed by atoms with Crippen molar-refractivity contribution >= 4 is 49.2 Å². The number of hydrogen-bond donors (Lipinski definition) is 0. The number of anilines is 2. The van der Waals surface area contributed by atoms with Gasteiger partial charge >= 0.3 is 0 Å². The number of rotatable bonds is 4. The van der Waals surface area contributed by atoms with E-state index < -0.39 is 0 Å². The van der Waals surface area contributed by atoms with E-state index in [4.69, 9.17) is 5.10 Å². The third kappa shape index (κ3) is 3.39. The van der Waals surface area contributed by atoms with E-state index >= 15 is 0 Å². The lowest BCUT2D eigenvalue weighted by atomic mass is 10.1. The Morgan fingerprint density at radius 1 is 1.24 bits per heavy atom. The van der Waals surface area contributed by atoms with Crippen molar-refractivity contribution in [1.29, 1.82) is 5.26 Å². The fourth-order valence-electron chi connectivity index (χ4n) is 3.17. The van der Waals surface area contributed by atoms with Crippen LogP contribution in [0.3, 0.4) is 0 Å². The Morgan fingerprint density at radius 3 is 2.62 bits per heavy atom. The van der Waals surface area contributed by atoms with Gasteiger partial charge in [0.2, 0.25) is 0 Å². The zero-order valence-corrected chi connectivity index (χ0v) is 18.3. The third-order valence-corrected chi connectivity index (χ3v) is 6.01. The first-order chi connectivity index (χ1) is 13.9. The fourth-order valence-corrected chi connectivity index (χ4v) is 4.54. The summed E-state index contributed by atoms with van der Waals surface area (Å²) in [5, 5.41) is 14.9. The molecular weight excluding hydrogens is 455 g/mol. The van der Waals surface area contributed by atoms with E-state index in [-0.39, 0.29) is 5.82 Å². The molecule has 0 aliphatic rings. The van der Waals surface area contributed by atoms with Crippen molar-refractivity contribution in [3.8, 4) is 17.3 Å². The van der Waals surface area contributed by atoms with E-state index in [1.807, 2.05) is 36.5 Å².